The zero-order chi connectivity index (χ0) is 30.3. The van der Waals surface area contributed by atoms with E-state index in [1.54, 1.807) is 13.0 Å². The van der Waals surface area contributed by atoms with E-state index in [1.807, 2.05) is 18.7 Å². The molecule has 5 rings (SSSR count). The molecule has 42 heavy (non-hydrogen) atoms. The number of hydrogen-bond acceptors (Lipinski definition) is 6. The molecular formula is C29H35F4N7O2. The van der Waals surface area contributed by atoms with E-state index in [0.717, 1.165) is 0 Å². The maximum atomic E-state index is 15.5. The molecular weight excluding hydrogens is 554 g/mol. The van der Waals surface area contributed by atoms with Crippen molar-refractivity contribution in [3.8, 4) is 11.3 Å². The van der Waals surface area contributed by atoms with Crippen LogP contribution in [-0.2, 0) is 11.3 Å². The lowest BCUT2D eigenvalue weighted by atomic mass is 10.0. The summed E-state index contributed by atoms with van der Waals surface area (Å²) in [6, 6.07) is 3.39. The van der Waals surface area contributed by atoms with E-state index >= 15 is 4.39 Å². The Hall–Kier alpha value is -3.74. The van der Waals surface area contributed by atoms with E-state index in [-0.39, 0.29) is 74.3 Å². The number of likely N-dealkylation sites (tertiary alicyclic amines) is 2. The normalized spacial score (nSPS) is 20.9. The third-order valence-electron chi connectivity index (χ3n) is 7.98. The van der Waals surface area contributed by atoms with Crippen LogP contribution in [0.3, 0.4) is 0 Å². The number of amides is 2. The molecule has 2 aliphatic heterocycles. The zero-order valence-corrected chi connectivity index (χ0v) is 23.8. The van der Waals surface area contributed by atoms with E-state index in [4.69, 9.17) is 5.73 Å². The number of anilines is 1. The van der Waals surface area contributed by atoms with Crippen molar-refractivity contribution in [1.29, 1.82) is 0 Å². The predicted molar refractivity (Wildman–Crippen MR) is 149 cm³/mol. The molecule has 13 heteroatoms. The number of benzene rings is 1. The molecule has 3 N–H and O–H groups in total. The lowest BCUT2D eigenvalue weighted by Crippen LogP contribution is -2.42. The molecule has 2 fully saturated rings. The Bertz CT molecular complexity index is 1500. The van der Waals surface area contributed by atoms with Crippen LogP contribution in [0, 0.1) is 18.7 Å². The quantitative estimate of drug-likeness (QED) is 0.404. The molecule has 0 unspecified atom stereocenters. The highest BCUT2D eigenvalue weighted by Gasteiger charge is 2.37. The summed E-state index contributed by atoms with van der Waals surface area (Å²) < 4.78 is 59.1. The van der Waals surface area contributed by atoms with Gasteiger partial charge < -0.3 is 16.0 Å². The second-order valence-electron chi connectivity index (χ2n) is 11.7. The second kappa shape index (κ2) is 11.5. The van der Waals surface area contributed by atoms with Crippen LogP contribution in [0.15, 0.2) is 24.5 Å². The average molecular weight is 590 g/mol. The van der Waals surface area contributed by atoms with Crippen LogP contribution in [0.2, 0.25) is 0 Å². The Labute approximate surface area is 241 Å². The van der Waals surface area contributed by atoms with Crippen LogP contribution in [-0.4, -0.2) is 80.5 Å². The zero-order valence-electron chi connectivity index (χ0n) is 23.8. The predicted octanol–water partition coefficient (Wildman–Crippen LogP) is 3.98. The van der Waals surface area contributed by atoms with Crippen molar-refractivity contribution in [2.24, 2.45) is 5.92 Å². The summed E-state index contributed by atoms with van der Waals surface area (Å²) in [4.78, 5) is 33.1. The third kappa shape index (κ3) is 6.06. The van der Waals surface area contributed by atoms with Crippen molar-refractivity contribution in [3.63, 3.8) is 0 Å². The molecule has 0 bridgehead atoms. The maximum absolute atomic E-state index is 15.5. The maximum Gasteiger partial charge on any atom is 0.251 e. The second-order valence-corrected chi connectivity index (χ2v) is 11.7. The van der Waals surface area contributed by atoms with Gasteiger partial charge in [-0.15, -0.1) is 0 Å². The number of nitrogens with two attached hydrogens (primary N) is 1. The first-order chi connectivity index (χ1) is 19.8. The lowest BCUT2D eigenvalue weighted by Gasteiger charge is -2.31. The summed E-state index contributed by atoms with van der Waals surface area (Å²) in [6.07, 6.45) is -0.429. The Kier molecular flexibility index (Phi) is 8.15. The molecule has 226 valence electrons. The number of carbonyl (C=O) groups excluding carboxylic acids is 2. The first kappa shape index (κ1) is 29.7. The van der Waals surface area contributed by atoms with Gasteiger partial charge in [-0.25, -0.2) is 27.1 Å². The highest BCUT2D eigenvalue weighted by atomic mass is 19.3. The molecule has 3 aromatic rings. The first-order valence-corrected chi connectivity index (χ1v) is 14.1. The van der Waals surface area contributed by atoms with Crippen LogP contribution in [0.1, 0.15) is 54.6 Å². The number of hydrogen-bond donors (Lipinski definition) is 2. The average Bonchev–Trinajstić information content (AvgIpc) is 3.46. The molecule has 2 aromatic heterocycles. The van der Waals surface area contributed by atoms with Gasteiger partial charge in [0, 0.05) is 56.6 Å². The van der Waals surface area contributed by atoms with Crippen molar-refractivity contribution in [2.75, 3.05) is 31.9 Å². The summed E-state index contributed by atoms with van der Waals surface area (Å²) in [5.41, 5.74) is 8.08. The van der Waals surface area contributed by atoms with Crippen molar-refractivity contribution >= 4 is 23.1 Å². The Balaban J connectivity index is 1.42. The number of alkyl halides is 3. The van der Waals surface area contributed by atoms with Gasteiger partial charge in [0.2, 0.25) is 5.91 Å². The van der Waals surface area contributed by atoms with Gasteiger partial charge in [-0.05, 0) is 42.2 Å². The van der Waals surface area contributed by atoms with Gasteiger partial charge in [0.1, 0.15) is 23.8 Å². The number of carbonyl (C=O) groups is 2. The number of aryl methyl sites for hydroxylation is 1. The fourth-order valence-corrected chi connectivity index (χ4v) is 5.68. The third-order valence-corrected chi connectivity index (χ3v) is 7.98. The number of rotatable bonds is 7. The minimum Gasteiger partial charge on any atom is -0.382 e. The number of piperidine rings is 1. The smallest absolute Gasteiger partial charge is 0.251 e. The molecule has 2 saturated heterocycles. The number of nitrogens with one attached hydrogen (secondary N) is 1. The fraction of sp³-hybridized carbons (Fsp3) is 0.517. The van der Waals surface area contributed by atoms with Gasteiger partial charge in [0.05, 0.1) is 18.3 Å². The van der Waals surface area contributed by atoms with Crippen molar-refractivity contribution in [2.45, 2.75) is 64.7 Å². The number of aromatic nitrogens is 3. The molecule has 9 nitrogen and oxygen atoms in total. The molecule has 0 radical (unpaired) electrons. The fourth-order valence-electron chi connectivity index (χ4n) is 5.68. The highest BCUT2D eigenvalue weighted by molar-refractivity contribution is 5.97. The summed E-state index contributed by atoms with van der Waals surface area (Å²) in [5.74, 6) is -3.80. The van der Waals surface area contributed by atoms with Crippen LogP contribution in [0.4, 0.5) is 23.4 Å². The summed E-state index contributed by atoms with van der Waals surface area (Å²) in [5, 5.41) is 6.95. The number of nitrogens with zero attached hydrogens (tertiary/aromatic N) is 5. The standard InChI is InChI=1S/C29H35F4N7O2/c1-16(2)8-25(41)39-13-22(31)23(14-39)37-28(42)19-11-20(21(30)9-17(19)3)24-10-18(26-27(34)35-15-36-40(24)26)12-38-6-4-29(32,33)5-7-38/h9-11,15-16,22-23H,4-8,12-14H2,1-3H3,(H,37,42)(H2,34,35,36)/t22-,23+/m0/s1. The first-order valence-electron chi connectivity index (χ1n) is 14.1. The van der Waals surface area contributed by atoms with Crippen LogP contribution < -0.4 is 11.1 Å². The van der Waals surface area contributed by atoms with E-state index in [2.05, 4.69) is 15.4 Å². The molecule has 4 heterocycles. The topological polar surface area (TPSA) is 109 Å². The van der Waals surface area contributed by atoms with E-state index in [9.17, 15) is 22.8 Å². The van der Waals surface area contributed by atoms with Crippen LogP contribution in [0.5, 0.6) is 0 Å². The van der Waals surface area contributed by atoms with Gasteiger partial charge in [-0.2, -0.15) is 5.10 Å². The Morgan fingerprint density at radius 1 is 1.17 bits per heavy atom. The lowest BCUT2D eigenvalue weighted by molar-refractivity contribution is -0.131. The molecule has 0 spiro atoms. The summed E-state index contributed by atoms with van der Waals surface area (Å²) in [6.45, 7) is 6.00. The highest BCUT2D eigenvalue weighted by Crippen LogP contribution is 2.34. The molecule has 0 saturated carbocycles. The van der Waals surface area contributed by atoms with Gasteiger partial charge in [-0.1, -0.05) is 13.8 Å². The minimum atomic E-state index is -2.70. The monoisotopic (exact) mass is 589 g/mol. The van der Waals surface area contributed by atoms with Gasteiger partial charge in [-0.3, -0.25) is 14.5 Å². The van der Waals surface area contributed by atoms with E-state index < -0.39 is 29.9 Å². The largest absolute Gasteiger partial charge is 0.382 e. The van der Waals surface area contributed by atoms with Gasteiger partial charge >= 0.3 is 0 Å². The molecule has 2 amide bonds. The van der Waals surface area contributed by atoms with Crippen molar-refractivity contribution in [3.05, 3.63) is 47.0 Å². The van der Waals surface area contributed by atoms with Crippen LogP contribution in [0.25, 0.3) is 16.8 Å². The van der Waals surface area contributed by atoms with Crippen molar-refractivity contribution < 1.29 is 27.2 Å². The Morgan fingerprint density at radius 2 is 1.88 bits per heavy atom. The molecule has 2 aliphatic rings. The Morgan fingerprint density at radius 3 is 2.57 bits per heavy atom. The van der Waals surface area contributed by atoms with Gasteiger partial charge in [0.15, 0.2) is 5.82 Å². The van der Waals surface area contributed by atoms with E-state index in [0.29, 0.717) is 28.8 Å². The number of halogens is 4. The van der Waals surface area contributed by atoms with Gasteiger partial charge in [0.25, 0.3) is 11.8 Å². The molecule has 0 aliphatic carbocycles. The summed E-state index contributed by atoms with van der Waals surface area (Å²) in [7, 11) is 0. The van der Waals surface area contributed by atoms with Crippen LogP contribution >= 0.6 is 0 Å². The molecule has 1 aromatic carbocycles. The summed E-state index contributed by atoms with van der Waals surface area (Å²) >= 11 is 0. The SMILES string of the molecule is Cc1cc(F)c(-c2cc(CN3CCC(F)(F)CC3)c3c(N)ncnn23)cc1C(=O)N[C@@H]1CN(C(=O)CC(C)C)C[C@@H]1F. The van der Waals surface area contributed by atoms with E-state index in [1.165, 1.54) is 27.9 Å². The van der Waals surface area contributed by atoms with Crippen molar-refractivity contribution in [1.82, 2.24) is 29.7 Å². The minimum absolute atomic E-state index is 0.0525. The number of nitrogen functional groups attached to an aromatic ring is 1. The number of fused-ring (bicyclic) bond motifs is 1. The molecule has 2 atom stereocenters.